The van der Waals surface area contributed by atoms with E-state index in [0.29, 0.717) is 37.5 Å². The van der Waals surface area contributed by atoms with Crippen molar-refractivity contribution in [3.63, 3.8) is 0 Å². The second-order valence-corrected chi connectivity index (χ2v) is 12.9. The van der Waals surface area contributed by atoms with Crippen molar-refractivity contribution in [2.75, 3.05) is 12.4 Å². The number of hydrogen-bond donors (Lipinski definition) is 3. The zero-order chi connectivity index (χ0) is 25.0. The molecule has 0 spiro atoms. The Morgan fingerprint density at radius 3 is 2.54 bits per heavy atom. The Labute approximate surface area is 213 Å². The zero-order valence-corrected chi connectivity index (χ0v) is 22.7. The van der Waals surface area contributed by atoms with Gasteiger partial charge in [-0.1, -0.05) is 43.4 Å². The molecule has 35 heavy (non-hydrogen) atoms. The van der Waals surface area contributed by atoms with Crippen LogP contribution in [0.5, 0.6) is 5.75 Å². The monoisotopic (exact) mass is 521 g/mol. The van der Waals surface area contributed by atoms with Gasteiger partial charge in [0.25, 0.3) is 0 Å². The highest BCUT2D eigenvalue weighted by atomic mass is 32.2. The minimum absolute atomic E-state index is 0.136. The van der Waals surface area contributed by atoms with E-state index >= 15 is 0 Å². The first-order chi connectivity index (χ1) is 16.7. The standard InChI is InChI=1S/C26H39N3O4S2/c1-17(15-19-7-5-4-6-8-19)27-26-28-18(2)25(34-26)20-9-14-23(33-3)24(16-20)35(31,32)29-21-10-12-22(30)13-11-21/h9,14,16-17,19,21-22,29-30H,4-8,10-13,15H2,1-3H3,(H,27,28)/t17-,21?,22?/m1/s1. The molecule has 0 aliphatic heterocycles. The molecule has 3 N–H and O–H groups in total. The number of nitrogens with one attached hydrogen (secondary N) is 2. The fourth-order valence-corrected chi connectivity index (χ4v) is 8.00. The predicted octanol–water partition coefficient (Wildman–Crippen LogP) is 5.48. The summed E-state index contributed by atoms with van der Waals surface area (Å²) in [6, 6.07) is 5.47. The molecule has 0 radical (unpaired) electrons. The number of aryl methyl sites for hydroxylation is 1. The maximum atomic E-state index is 13.3. The SMILES string of the molecule is COc1ccc(-c2sc(N[C@H](C)CC3CCCCC3)nc2C)cc1S(=O)(=O)NC1CCC(O)CC1. The molecule has 7 nitrogen and oxygen atoms in total. The quantitative estimate of drug-likeness (QED) is 0.404. The molecule has 4 rings (SSSR count). The van der Waals surface area contributed by atoms with Crippen molar-refractivity contribution < 1.29 is 18.3 Å². The first-order valence-electron chi connectivity index (χ1n) is 12.9. The zero-order valence-electron chi connectivity index (χ0n) is 21.0. The van der Waals surface area contributed by atoms with Crippen LogP contribution in [0.3, 0.4) is 0 Å². The fraction of sp³-hybridized carbons (Fsp3) is 0.654. The normalized spacial score (nSPS) is 22.6. The van der Waals surface area contributed by atoms with Crippen LogP contribution in [0.15, 0.2) is 23.1 Å². The Morgan fingerprint density at radius 1 is 1.14 bits per heavy atom. The van der Waals surface area contributed by atoms with Gasteiger partial charge >= 0.3 is 0 Å². The highest BCUT2D eigenvalue weighted by molar-refractivity contribution is 7.89. The van der Waals surface area contributed by atoms with E-state index in [0.717, 1.165) is 33.6 Å². The highest BCUT2D eigenvalue weighted by Crippen LogP contribution is 2.37. The molecule has 2 fully saturated rings. The average molecular weight is 522 g/mol. The number of sulfonamides is 1. The highest BCUT2D eigenvalue weighted by Gasteiger charge is 2.28. The van der Waals surface area contributed by atoms with Gasteiger partial charge in [0.05, 0.1) is 23.8 Å². The number of rotatable bonds is 9. The lowest BCUT2D eigenvalue weighted by Gasteiger charge is -2.26. The molecule has 0 bridgehead atoms. The van der Waals surface area contributed by atoms with Crippen molar-refractivity contribution in [3.8, 4) is 16.2 Å². The number of aromatic nitrogens is 1. The minimum atomic E-state index is -3.78. The van der Waals surface area contributed by atoms with Crippen LogP contribution in [0.4, 0.5) is 5.13 Å². The molecule has 2 saturated carbocycles. The fourth-order valence-electron chi connectivity index (χ4n) is 5.42. The smallest absolute Gasteiger partial charge is 0.244 e. The third-order valence-corrected chi connectivity index (χ3v) is 9.99. The summed E-state index contributed by atoms with van der Waals surface area (Å²) < 4.78 is 34.8. The minimum Gasteiger partial charge on any atom is -0.495 e. The van der Waals surface area contributed by atoms with Crippen molar-refractivity contribution in [1.82, 2.24) is 9.71 Å². The lowest BCUT2D eigenvalue weighted by atomic mass is 9.85. The Bertz CT molecular complexity index is 1090. The van der Waals surface area contributed by atoms with Gasteiger partial charge in [-0.15, -0.1) is 0 Å². The van der Waals surface area contributed by atoms with Crippen LogP contribution in [0.1, 0.15) is 76.8 Å². The van der Waals surface area contributed by atoms with Crippen molar-refractivity contribution in [3.05, 3.63) is 23.9 Å². The predicted molar refractivity (Wildman–Crippen MR) is 142 cm³/mol. The molecule has 194 valence electrons. The lowest BCUT2D eigenvalue weighted by Crippen LogP contribution is -2.38. The van der Waals surface area contributed by atoms with Crippen molar-refractivity contribution in [2.24, 2.45) is 5.92 Å². The number of methoxy groups -OCH3 is 1. The number of hydrogen-bond acceptors (Lipinski definition) is 7. The summed E-state index contributed by atoms with van der Waals surface area (Å²) in [5, 5.41) is 14.2. The Kier molecular flexibility index (Phi) is 8.73. The van der Waals surface area contributed by atoms with E-state index in [1.165, 1.54) is 39.2 Å². The van der Waals surface area contributed by atoms with Crippen LogP contribution in [0, 0.1) is 12.8 Å². The molecule has 0 amide bonds. The van der Waals surface area contributed by atoms with Crippen LogP contribution in [-0.4, -0.2) is 43.8 Å². The molecule has 1 atom stereocenters. The van der Waals surface area contributed by atoms with E-state index < -0.39 is 10.0 Å². The molecular weight excluding hydrogens is 482 g/mol. The van der Waals surface area contributed by atoms with E-state index in [1.807, 2.05) is 13.0 Å². The second kappa shape index (κ2) is 11.6. The summed E-state index contributed by atoms with van der Waals surface area (Å²) >= 11 is 1.57. The third kappa shape index (κ3) is 6.76. The van der Waals surface area contributed by atoms with E-state index in [9.17, 15) is 13.5 Å². The Morgan fingerprint density at radius 2 is 1.86 bits per heavy atom. The van der Waals surface area contributed by atoms with Crippen LogP contribution in [0.25, 0.3) is 10.4 Å². The maximum absolute atomic E-state index is 13.3. The molecule has 1 aromatic carbocycles. The van der Waals surface area contributed by atoms with Crippen LogP contribution < -0.4 is 14.8 Å². The van der Waals surface area contributed by atoms with Gasteiger partial charge in [-0.2, -0.15) is 0 Å². The molecule has 0 saturated heterocycles. The molecule has 0 unspecified atom stereocenters. The number of benzene rings is 1. The average Bonchev–Trinajstić information content (AvgIpc) is 3.20. The van der Waals surface area contributed by atoms with Gasteiger partial charge in [0.15, 0.2) is 5.13 Å². The third-order valence-electron chi connectivity index (χ3n) is 7.31. The summed E-state index contributed by atoms with van der Waals surface area (Å²) in [6.07, 6.45) is 10.0. The topological polar surface area (TPSA) is 101 Å². The van der Waals surface area contributed by atoms with Crippen LogP contribution in [-0.2, 0) is 10.0 Å². The van der Waals surface area contributed by atoms with E-state index in [-0.39, 0.29) is 17.0 Å². The van der Waals surface area contributed by atoms with Gasteiger partial charge in [-0.3, -0.25) is 0 Å². The molecule has 2 aliphatic carbocycles. The number of nitrogens with zero attached hydrogens (tertiary/aromatic N) is 1. The number of ether oxygens (including phenoxy) is 1. The first kappa shape index (κ1) is 26.4. The van der Waals surface area contributed by atoms with E-state index in [4.69, 9.17) is 9.72 Å². The largest absolute Gasteiger partial charge is 0.495 e. The van der Waals surface area contributed by atoms with Gasteiger partial charge in [0, 0.05) is 12.1 Å². The summed E-state index contributed by atoms with van der Waals surface area (Å²) in [5.41, 5.74) is 1.69. The summed E-state index contributed by atoms with van der Waals surface area (Å²) in [6.45, 7) is 4.19. The number of thiazole rings is 1. The number of aliphatic hydroxyl groups is 1. The van der Waals surface area contributed by atoms with Crippen molar-refractivity contribution in [1.29, 1.82) is 0 Å². The number of anilines is 1. The molecule has 2 aliphatic rings. The summed E-state index contributed by atoms with van der Waals surface area (Å²) in [4.78, 5) is 5.83. The van der Waals surface area contributed by atoms with Gasteiger partial charge < -0.3 is 15.2 Å². The lowest BCUT2D eigenvalue weighted by molar-refractivity contribution is 0.120. The summed E-state index contributed by atoms with van der Waals surface area (Å²) in [7, 11) is -2.30. The first-order valence-corrected chi connectivity index (χ1v) is 15.2. The molecule has 9 heteroatoms. The van der Waals surface area contributed by atoms with Crippen LogP contribution >= 0.6 is 11.3 Å². The van der Waals surface area contributed by atoms with Gasteiger partial charge in [0.2, 0.25) is 10.0 Å². The molecule has 1 heterocycles. The maximum Gasteiger partial charge on any atom is 0.244 e. The van der Waals surface area contributed by atoms with Gasteiger partial charge in [-0.05, 0) is 75.6 Å². The van der Waals surface area contributed by atoms with Crippen molar-refractivity contribution in [2.45, 2.75) is 101 Å². The Balaban J connectivity index is 1.51. The molecule has 1 aromatic heterocycles. The Hall–Kier alpha value is -1.68. The summed E-state index contributed by atoms with van der Waals surface area (Å²) in [5.74, 6) is 1.11. The second-order valence-electron chi connectivity index (χ2n) is 10.2. The van der Waals surface area contributed by atoms with E-state index in [2.05, 4.69) is 17.0 Å². The molecule has 2 aromatic rings. The van der Waals surface area contributed by atoms with Crippen LogP contribution in [0.2, 0.25) is 0 Å². The van der Waals surface area contributed by atoms with Gasteiger partial charge in [0.1, 0.15) is 10.6 Å². The number of aliphatic hydroxyl groups excluding tert-OH is 1. The van der Waals surface area contributed by atoms with Gasteiger partial charge in [-0.25, -0.2) is 18.1 Å². The van der Waals surface area contributed by atoms with Crippen molar-refractivity contribution >= 4 is 26.5 Å². The molecular formula is C26H39N3O4S2. The van der Waals surface area contributed by atoms with E-state index in [1.54, 1.807) is 23.5 Å².